The Kier molecular flexibility index (Phi) is 5.91. The number of hydrogen-bond donors (Lipinski definition) is 0. The average Bonchev–Trinajstić information content (AvgIpc) is 2.83. The summed E-state index contributed by atoms with van der Waals surface area (Å²) in [4.78, 5) is 7.75. The molecule has 0 spiro atoms. The zero-order valence-corrected chi connectivity index (χ0v) is 15.8. The lowest BCUT2D eigenvalue weighted by Gasteiger charge is -2.35. The van der Waals surface area contributed by atoms with Crippen LogP contribution in [0.3, 0.4) is 0 Å². The molecular formula is C23H30N2. The summed E-state index contributed by atoms with van der Waals surface area (Å²) < 4.78 is 0. The summed E-state index contributed by atoms with van der Waals surface area (Å²) in [6.45, 7) is 7.92. The van der Waals surface area contributed by atoms with Crippen molar-refractivity contribution in [3.05, 3.63) is 65.7 Å². The first-order chi connectivity index (χ1) is 12.2. The molecule has 132 valence electrons. The van der Waals surface area contributed by atoms with Gasteiger partial charge < -0.3 is 4.90 Å². The van der Waals surface area contributed by atoms with Gasteiger partial charge in [-0.3, -0.25) is 0 Å². The lowest BCUT2D eigenvalue weighted by molar-refractivity contribution is 0.296. The van der Waals surface area contributed by atoms with E-state index in [0.29, 0.717) is 12.0 Å². The van der Waals surface area contributed by atoms with Crippen LogP contribution in [0.2, 0.25) is 0 Å². The first kappa shape index (κ1) is 17.7. The van der Waals surface area contributed by atoms with E-state index in [9.17, 15) is 0 Å². The number of amidine groups is 1. The fourth-order valence-electron chi connectivity index (χ4n) is 3.61. The highest BCUT2D eigenvalue weighted by Gasteiger charge is 2.29. The smallest absolute Gasteiger partial charge is 0.108 e. The molecule has 0 saturated carbocycles. The van der Waals surface area contributed by atoms with Gasteiger partial charge in [0, 0.05) is 12.5 Å². The molecule has 1 heterocycles. The van der Waals surface area contributed by atoms with Crippen molar-refractivity contribution in [3.8, 4) is 0 Å². The lowest BCUT2D eigenvalue weighted by Crippen LogP contribution is -2.39. The molecule has 0 radical (unpaired) electrons. The van der Waals surface area contributed by atoms with E-state index in [1.165, 1.54) is 29.8 Å². The summed E-state index contributed by atoms with van der Waals surface area (Å²) in [7, 11) is 0. The van der Waals surface area contributed by atoms with Crippen LogP contribution in [-0.4, -0.2) is 17.3 Å². The molecule has 0 aromatic heterocycles. The van der Waals surface area contributed by atoms with Crippen LogP contribution in [0, 0.1) is 5.92 Å². The van der Waals surface area contributed by atoms with Crippen molar-refractivity contribution in [2.45, 2.75) is 52.5 Å². The molecule has 2 aromatic carbocycles. The van der Waals surface area contributed by atoms with Crippen molar-refractivity contribution >= 4 is 11.5 Å². The second kappa shape index (κ2) is 8.33. The maximum atomic E-state index is 5.16. The van der Waals surface area contributed by atoms with Crippen molar-refractivity contribution in [3.63, 3.8) is 0 Å². The monoisotopic (exact) mass is 334 g/mol. The Morgan fingerprint density at radius 2 is 1.76 bits per heavy atom. The van der Waals surface area contributed by atoms with Crippen LogP contribution in [0.5, 0.6) is 0 Å². The zero-order chi connectivity index (χ0) is 17.6. The van der Waals surface area contributed by atoms with E-state index in [4.69, 9.17) is 4.99 Å². The number of unbranched alkanes of at least 4 members (excludes halogenated alkanes) is 1. The van der Waals surface area contributed by atoms with E-state index in [2.05, 4.69) is 80.3 Å². The second-order valence-corrected chi connectivity index (χ2v) is 7.09. The molecule has 2 nitrogen and oxygen atoms in total. The maximum Gasteiger partial charge on any atom is 0.108 e. The Morgan fingerprint density at radius 3 is 2.48 bits per heavy atom. The molecule has 0 N–H and O–H groups in total. The van der Waals surface area contributed by atoms with Gasteiger partial charge in [0.15, 0.2) is 0 Å². The summed E-state index contributed by atoms with van der Waals surface area (Å²) >= 11 is 0. The van der Waals surface area contributed by atoms with Crippen LogP contribution in [0.1, 0.15) is 57.2 Å². The molecule has 25 heavy (non-hydrogen) atoms. The van der Waals surface area contributed by atoms with E-state index < -0.39 is 0 Å². The van der Waals surface area contributed by atoms with E-state index >= 15 is 0 Å². The van der Waals surface area contributed by atoms with E-state index in [1.807, 2.05) is 0 Å². The summed E-state index contributed by atoms with van der Waals surface area (Å²) in [6, 6.07) is 20.0. The third-order valence-corrected chi connectivity index (χ3v) is 5.30. The highest BCUT2D eigenvalue weighted by atomic mass is 15.2. The van der Waals surface area contributed by atoms with Gasteiger partial charge in [-0.2, -0.15) is 0 Å². The average molecular weight is 335 g/mol. The minimum absolute atomic E-state index is 0.365. The molecule has 2 heteroatoms. The normalized spacial score (nSPS) is 18.3. The van der Waals surface area contributed by atoms with Gasteiger partial charge in [0.1, 0.15) is 5.84 Å². The summed E-state index contributed by atoms with van der Waals surface area (Å²) in [6.07, 6.45) is 4.55. The van der Waals surface area contributed by atoms with Crippen molar-refractivity contribution in [2.75, 3.05) is 6.54 Å². The first-order valence-corrected chi connectivity index (χ1v) is 9.72. The molecule has 0 aliphatic carbocycles. The fourth-order valence-corrected chi connectivity index (χ4v) is 3.61. The van der Waals surface area contributed by atoms with Crippen molar-refractivity contribution in [2.24, 2.45) is 10.9 Å². The van der Waals surface area contributed by atoms with Crippen LogP contribution >= 0.6 is 0 Å². The van der Waals surface area contributed by atoms with Crippen LogP contribution in [0.4, 0.5) is 5.69 Å². The number of benzene rings is 2. The van der Waals surface area contributed by atoms with Gasteiger partial charge in [0.2, 0.25) is 0 Å². The Balaban J connectivity index is 2.10. The molecule has 2 aromatic rings. The molecule has 0 amide bonds. The van der Waals surface area contributed by atoms with Crippen LogP contribution in [0.15, 0.2) is 59.6 Å². The molecule has 1 aliphatic heterocycles. The minimum Gasteiger partial charge on any atom is -0.352 e. The zero-order valence-electron chi connectivity index (χ0n) is 15.8. The van der Waals surface area contributed by atoms with Crippen LogP contribution in [0.25, 0.3) is 0 Å². The first-order valence-electron chi connectivity index (χ1n) is 9.72. The van der Waals surface area contributed by atoms with E-state index in [1.54, 1.807) is 0 Å². The minimum atomic E-state index is 0.365. The number of para-hydroxylation sites is 1. The number of nitrogens with zero attached hydrogens (tertiary/aromatic N) is 2. The summed E-state index contributed by atoms with van der Waals surface area (Å²) in [5.41, 5.74) is 3.90. The maximum absolute atomic E-state index is 5.16. The molecule has 0 saturated heterocycles. The van der Waals surface area contributed by atoms with Gasteiger partial charge in [0.05, 0.1) is 11.7 Å². The van der Waals surface area contributed by atoms with Crippen molar-refractivity contribution < 1.29 is 0 Å². The molecule has 0 bridgehead atoms. The van der Waals surface area contributed by atoms with Gasteiger partial charge >= 0.3 is 0 Å². The standard InChI is InChI=1S/C23H30N2/c1-4-6-16-25-22(19-12-8-7-9-13-19)17-20-14-10-11-15-21(20)24-23(25)18(3)5-2/h7-15,18,22H,4-6,16-17H2,1-3H3. The SMILES string of the molecule is CCCCN1C(C(C)CC)=Nc2ccccc2CC1c1ccccc1. The Hall–Kier alpha value is -2.09. The van der Waals surface area contributed by atoms with Gasteiger partial charge in [-0.15, -0.1) is 0 Å². The highest BCUT2D eigenvalue weighted by molar-refractivity contribution is 5.88. The molecule has 1 aliphatic rings. The van der Waals surface area contributed by atoms with Crippen molar-refractivity contribution in [1.82, 2.24) is 4.90 Å². The lowest BCUT2D eigenvalue weighted by atomic mass is 9.95. The number of aliphatic imine (C=N–C) groups is 1. The summed E-state index contributed by atoms with van der Waals surface area (Å²) in [5, 5.41) is 0. The quantitative estimate of drug-likeness (QED) is 0.617. The highest BCUT2D eigenvalue weighted by Crippen LogP contribution is 2.35. The second-order valence-electron chi connectivity index (χ2n) is 7.09. The van der Waals surface area contributed by atoms with Gasteiger partial charge in [-0.25, -0.2) is 4.99 Å². The Morgan fingerprint density at radius 1 is 1.04 bits per heavy atom. The van der Waals surface area contributed by atoms with E-state index in [-0.39, 0.29) is 0 Å². The Labute approximate surface area is 152 Å². The topological polar surface area (TPSA) is 15.6 Å². The molecule has 2 unspecified atom stereocenters. The van der Waals surface area contributed by atoms with Gasteiger partial charge in [-0.05, 0) is 36.5 Å². The van der Waals surface area contributed by atoms with Crippen molar-refractivity contribution in [1.29, 1.82) is 0 Å². The number of fused-ring (bicyclic) bond motifs is 1. The Bertz CT molecular complexity index is 705. The molecule has 3 rings (SSSR count). The van der Waals surface area contributed by atoms with Crippen LogP contribution < -0.4 is 0 Å². The van der Waals surface area contributed by atoms with E-state index in [0.717, 1.165) is 25.1 Å². The van der Waals surface area contributed by atoms with Gasteiger partial charge in [0.25, 0.3) is 0 Å². The third-order valence-electron chi connectivity index (χ3n) is 5.30. The fraction of sp³-hybridized carbons (Fsp3) is 0.435. The number of rotatable bonds is 6. The largest absolute Gasteiger partial charge is 0.352 e. The molecule has 0 fully saturated rings. The predicted molar refractivity (Wildman–Crippen MR) is 107 cm³/mol. The third kappa shape index (κ3) is 3.95. The van der Waals surface area contributed by atoms with Crippen LogP contribution in [-0.2, 0) is 6.42 Å². The predicted octanol–water partition coefficient (Wildman–Crippen LogP) is 6.16. The molecular weight excluding hydrogens is 304 g/mol. The number of hydrogen-bond acceptors (Lipinski definition) is 2. The molecule has 2 atom stereocenters. The summed E-state index contributed by atoms with van der Waals surface area (Å²) in [5.74, 6) is 1.73. The van der Waals surface area contributed by atoms with Gasteiger partial charge in [-0.1, -0.05) is 75.7 Å².